The Balaban J connectivity index is 2.35. The molecule has 14 N–H and O–H groups in total. The van der Waals surface area contributed by atoms with Crippen molar-refractivity contribution in [3.63, 3.8) is 0 Å². The van der Waals surface area contributed by atoms with Crippen molar-refractivity contribution in [1.29, 1.82) is 0 Å². The van der Waals surface area contributed by atoms with Crippen molar-refractivity contribution >= 4 is 0 Å². The summed E-state index contributed by atoms with van der Waals surface area (Å²) in [5, 5.41) is 120. The van der Waals surface area contributed by atoms with Crippen LogP contribution in [-0.4, -0.2) is 148 Å². The Morgan fingerprint density at radius 1 is 0.952 bits per heavy atom. The normalized spacial score (nSPS) is 33.3. The lowest BCUT2D eigenvalue weighted by atomic mass is 10.00. The first-order valence-electron chi connectivity index (χ1n) is 13.0. The molecular formula is C24H41NO17. The number of hydrogen-bond donors (Lipinski definition) is 13. The minimum Gasteiger partial charge on any atom is -0.508 e. The molecule has 0 aromatic carbocycles. The van der Waals surface area contributed by atoms with Crippen molar-refractivity contribution in [3.8, 4) is 0 Å². The molecule has 0 aliphatic carbocycles. The van der Waals surface area contributed by atoms with Gasteiger partial charge in [0.2, 0.25) is 18.9 Å². The van der Waals surface area contributed by atoms with Gasteiger partial charge >= 0.3 is 0 Å². The van der Waals surface area contributed by atoms with Crippen LogP contribution in [0, 0.1) is 0 Å². The van der Waals surface area contributed by atoms with E-state index < -0.39 is 104 Å². The summed E-state index contributed by atoms with van der Waals surface area (Å²) in [6.07, 6.45) is -15.7. The number of aliphatic hydroxyl groups is 12. The Bertz CT molecular complexity index is 946. The van der Waals surface area contributed by atoms with E-state index in [9.17, 15) is 56.2 Å². The molecule has 0 spiro atoms. The second-order valence-electron chi connectivity index (χ2n) is 9.60. The van der Waals surface area contributed by atoms with Crippen molar-refractivity contribution in [1.82, 2.24) is 0 Å². The first kappa shape index (κ1) is 36.1. The minimum absolute atomic E-state index is 0.102. The van der Waals surface area contributed by atoms with Crippen LogP contribution in [0.25, 0.3) is 0 Å². The van der Waals surface area contributed by atoms with Gasteiger partial charge < -0.3 is 80.2 Å². The van der Waals surface area contributed by atoms with Crippen molar-refractivity contribution in [2.24, 2.45) is 5.90 Å². The lowest BCUT2D eigenvalue weighted by Gasteiger charge is -2.39. The fourth-order valence-electron chi connectivity index (χ4n) is 4.04. The van der Waals surface area contributed by atoms with Gasteiger partial charge in [0.15, 0.2) is 17.3 Å². The lowest BCUT2D eigenvalue weighted by molar-refractivity contribution is -0.287. The highest BCUT2D eigenvalue weighted by atomic mass is 16.7. The molecule has 0 aromatic heterocycles. The van der Waals surface area contributed by atoms with Gasteiger partial charge in [0.05, 0.1) is 18.3 Å². The van der Waals surface area contributed by atoms with Crippen LogP contribution in [0.5, 0.6) is 0 Å². The largest absolute Gasteiger partial charge is 0.508 e. The van der Waals surface area contributed by atoms with Crippen LogP contribution in [0.3, 0.4) is 0 Å². The molecule has 18 nitrogen and oxygen atoms in total. The molecule has 18 heteroatoms. The van der Waals surface area contributed by atoms with Crippen LogP contribution in [-0.2, 0) is 23.8 Å². The molecule has 0 amide bonds. The molecule has 0 aromatic rings. The summed E-state index contributed by atoms with van der Waals surface area (Å²) in [4.78, 5) is 4.35. The number of nitrogens with two attached hydrogens (primary N) is 1. The molecule has 2 fully saturated rings. The molecule has 0 radical (unpaired) electrons. The Labute approximate surface area is 239 Å². The van der Waals surface area contributed by atoms with E-state index in [4.69, 9.17) is 30.0 Å². The van der Waals surface area contributed by atoms with Gasteiger partial charge in [-0.15, -0.1) is 0 Å². The van der Waals surface area contributed by atoms with Crippen LogP contribution in [0.1, 0.15) is 26.2 Å². The summed E-state index contributed by atoms with van der Waals surface area (Å²) in [7, 11) is 0. The zero-order valence-corrected chi connectivity index (χ0v) is 22.7. The van der Waals surface area contributed by atoms with E-state index in [1.54, 1.807) is 0 Å². The van der Waals surface area contributed by atoms with Crippen molar-refractivity contribution in [2.75, 3.05) is 19.8 Å². The van der Waals surface area contributed by atoms with Gasteiger partial charge in [0.25, 0.3) is 5.60 Å². The molecule has 4 unspecified atom stereocenters. The zero-order valence-electron chi connectivity index (χ0n) is 22.7. The molecule has 0 bridgehead atoms. The van der Waals surface area contributed by atoms with E-state index in [1.165, 1.54) is 6.92 Å². The molecule has 2 aliphatic rings. The van der Waals surface area contributed by atoms with E-state index in [-0.39, 0.29) is 25.2 Å². The van der Waals surface area contributed by atoms with Crippen LogP contribution < -0.4 is 5.90 Å². The zero-order chi connectivity index (χ0) is 31.8. The van der Waals surface area contributed by atoms with E-state index in [2.05, 4.69) is 4.84 Å². The summed E-state index contributed by atoms with van der Waals surface area (Å²) < 4.78 is 21.1. The van der Waals surface area contributed by atoms with Gasteiger partial charge in [-0.1, -0.05) is 0 Å². The highest BCUT2D eigenvalue weighted by Gasteiger charge is 2.64. The summed E-state index contributed by atoms with van der Waals surface area (Å²) in [6, 6.07) is 0. The van der Waals surface area contributed by atoms with Crippen molar-refractivity contribution in [3.05, 3.63) is 35.2 Å². The monoisotopic (exact) mass is 615 g/mol. The van der Waals surface area contributed by atoms with Gasteiger partial charge in [-0.05, 0) is 19.1 Å². The smallest absolute Gasteiger partial charge is 0.272 e. The lowest BCUT2D eigenvalue weighted by Crippen LogP contribution is -2.57. The Kier molecular flexibility index (Phi) is 13.8. The molecule has 244 valence electrons. The number of ether oxygens (including phenoxy) is 4. The molecule has 2 heterocycles. The first-order chi connectivity index (χ1) is 19.8. The standard InChI is InChI=1S/C24H41NO17/c1-10-16(32)17(33)18(34)22(38-10)40-20(13(30)4-7-28)19(35)21(36)39-12(3-6-27)9-14(31)24(23(37)42-25)15(41-24)8-11(29)2-5-26/h8-13,16-18,21-23,26-37H,2-7,25H2,1H3/b14-9-,15-8+,20-19-/t10?,11-,12-,13-,16+,17?,18?,21+,22+,23?,24+/m1/s1. The molecule has 11 atom stereocenters. The maximum atomic E-state index is 10.8. The van der Waals surface area contributed by atoms with Crippen LogP contribution >= 0.6 is 0 Å². The summed E-state index contributed by atoms with van der Waals surface area (Å²) >= 11 is 0. The van der Waals surface area contributed by atoms with E-state index in [0.717, 1.165) is 12.2 Å². The van der Waals surface area contributed by atoms with E-state index in [0.29, 0.717) is 0 Å². The quantitative estimate of drug-likeness (QED) is 0.0317. The van der Waals surface area contributed by atoms with E-state index >= 15 is 0 Å². The summed E-state index contributed by atoms with van der Waals surface area (Å²) in [6.45, 7) is -0.256. The Morgan fingerprint density at radius 2 is 1.57 bits per heavy atom. The Morgan fingerprint density at radius 3 is 2.14 bits per heavy atom. The maximum absolute atomic E-state index is 10.8. The summed E-state index contributed by atoms with van der Waals surface area (Å²) in [5.74, 6) is 1.99. The number of rotatable bonds is 17. The predicted octanol–water partition coefficient (Wildman–Crippen LogP) is -4.52. The molecular weight excluding hydrogens is 574 g/mol. The summed E-state index contributed by atoms with van der Waals surface area (Å²) in [5.41, 5.74) is -2.12. The maximum Gasteiger partial charge on any atom is 0.272 e. The Hall–Kier alpha value is -2.14. The number of aliphatic hydroxyl groups excluding tert-OH is 12. The van der Waals surface area contributed by atoms with Crippen LogP contribution in [0.2, 0.25) is 0 Å². The van der Waals surface area contributed by atoms with Crippen LogP contribution in [0.15, 0.2) is 35.2 Å². The highest BCUT2D eigenvalue weighted by molar-refractivity contribution is 5.39. The fraction of sp³-hybridized carbons (Fsp3) is 0.750. The molecule has 42 heavy (non-hydrogen) atoms. The first-order valence-corrected chi connectivity index (χ1v) is 13.0. The molecule has 2 rings (SSSR count). The van der Waals surface area contributed by atoms with Gasteiger partial charge in [-0.2, -0.15) is 0 Å². The fourth-order valence-corrected chi connectivity index (χ4v) is 4.04. The number of epoxide rings is 1. The highest BCUT2D eigenvalue weighted by Crippen LogP contribution is 2.49. The van der Waals surface area contributed by atoms with Gasteiger partial charge in [-0.3, -0.25) is 4.84 Å². The third kappa shape index (κ3) is 8.49. The van der Waals surface area contributed by atoms with Gasteiger partial charge in [0, 0.05) is 39.1 Å². The average molecular weight is 616 g/mol. The van der Waals surface area contributed by atoms with E-state index in [1.807, 2.05) is 0 Å². The third-order valence-electron chi connectivity index (χ3n) is 6.53. The number of hydrogen-bond acceptors (Lipinski definition) is 18. The minimum atomic E-state index is -2.35. The molecule has 0 saturated carbocycles. The topological polar surface area (TPSA) is 318 Å². The third-order valence-corrected chi connectivity index (χ3v) is 6.53. The van der Waals surface area contributed by atoms with Crippen LogP contribution in [0.4, 0.5) is 0 Å². The predicted molar refractivity (Wildman–Crippen MR) is 135 cm³/mol. The molecule has 2 aliphatic heterocycles. The second kappa shape index (κ2) is 16.1. The van der Waals surface area contributed by atoms with Crippen molar-refractivity contribution in [2.45, 2.75) is 93.4 Å². The molecule has 2 saturated heterocycles. The van der Waals surface area contributed by atoms with Gasteiger partial charge in [0.1, 0.15) is 30.2 Å². The average Bonchev–Trinajstić information content (AvgIpc) is 3.67. The van der Waals surface area contributed by atoms with Gasteiger partial charge in [-0.25, -0.2) is 5.90 Å². The van der Waals surface area contributed by atoms with Crippen molar-refractivity contribution < 1.29 is 85.1 Å². The SMILES string of the molecule is CC1O[C@@H](O/C(=C(\O)[C@@H](O)O[C@@H](/C=C(\O)[C@]2(C(O)ON)O/C2=C/[C@H](O)CCO)CCO)[C@H](O)CCO)C(O)C(O)[C@H]1O. The second-order valence-corrected chi connectivity index (χ2v) is 9.60.